The molecule has 2 rings (SSSR count). The fourth-order valence-corrected chi connectivity index (χ4v) is 1.90. The summed E-state index contributed by atoms with van der Waals surface area (Å²) in [6.45, 7) is 0. The van der Waals surface area contributed by atoms with Crippen molar-refractivity contribution in [2.45, 2.75) is 18.6 Å². The molecule has 0 saturated carbocycles. The first-order valence-electron chi connectivity index (χ1n) is 4.98. The molecule has 0 aromatic heterocycles. The third-order valence-electron chi connectivity index (χ3n) is 2.74. The van der Waals surface area contributed by atoms with E-state index in [0.29, 0.717) is 12.0 Å². The van der Waals surface area contributed by atoms with Crippen molar-refractivity contribution in [2.75, 3.05) is 0 Å². The van der Waals surface area contributed by atoms with Crippen LogP contribution in [0.15, 0.2) is 24.3 Å². The molecule has 1 aliphatic rings. The SMILES string of the molecule is O=C(O)C(O)C(O)c1cccc2c1CC=C2. The van der Waals surface area contributed by atoms with Crippen LogP contribution in [0.4, 0.5) is 0 Å². The van der Waals surface area contributed by atoms with Gasteiger partial charge in [0, 0.05) is 0 Å². The van der Waals surface area contributed by atoms with Gasteiger partial charge in [-0.05, 0) is 23.1 Å². The van der Waals surface area contributed by atoms with Crippen LogP contribution in [-0.4, -0.2) is 27.4 Å². The number of hydrogen-bond donors (Lipinski definition) is 3. The van der Waals surface area contributed by atoms with Crippen LogP contribution in [0.3, 0.4) is 0 Å². The molecule has 2 unspecified atom stereocenters. The lowest BCUT2D eigenvalue weighted by Gasteiger charge is -2.17. The third kappa shape index (κ3) is 1.73. The molecule has 0 heterocycles. The maximum absolute atomic E-state index is 10.6. The third-order valence-corrected chi connectivity index (χ3v) is 2.74. The van der Waals surface area contributed by atoms with Gasteiger partial charge in [0.15, 0.2) is 6.10 Å². The van der Waals surface area contributed by atoms with Gasteiger partial charge < -0.3 is 15.3 Å². The van der Waals surface area contributed by atoms with E-state index >= 15 is 0 Å². The predicted molar refractivity (Wildman–Crippen MR) is 57.8 cm³/mol. The highest BCUT2D eigenvalue weighted by atomic mass is 16.4. The summed E-state index contributed by atoms with van der Waals surface area (Å²) >= 11 is 0. The lowest BCUT2D eigenvalue weighted by molar-refractivity contribution is -0.153. The molecular formula is C12H12O4. The quantitative estimate of drug-likeness (QED) is 0.702. The van der Waals surface area contributed by atoms with Crippen molar-refractivity contribution in [1.29, 1.82) is 0 Å². The molecular weight excluding hydrogens is 208 g/mol. The van der Waals surface area contributed by atoms with Gasteiger partial charge in [0.2, 0.25) is 0 Å². The number of aliphatic hydroxyl groups excluding tert-OH is 2. The summed E-state index contributed by atoms with van der Waals surface area (Å²) in [6, 6.07) is 5.27. The van der Waals surface area contributed by atoms with E-state index in [2.05, 4.69) is 0 Å². The molecule has 0 bridgehead atoms. The first-order valence-corrected chi connectivity index (χ1v) is 4.98. The average molecular weight is 220 g/mol. The zero-order chi connectivity index (χ0) is 11.7. The van der Waals surface area contributed by atoms with Gasteiger partial charge in [0.25, 0.3) is 0 Å². The zero-order valence-corrected chi connectivity index (χ0v) is 8.50. The Labute approximate surface area is 92.5 Å². The second-order valence-corrected chi connectivity index (χ2v) is 3.75. The van der Waals surface area contributed by atoms with Crippen LogP contribution in [-0.2, 0) is 11.2 Å². The van der Waals surface area contributed by atoms with Crippen molar-refractivity contribution in [1.82, 2.24) is 0 Å². The molecule has 0 aliphatic heterocycles. The van der Waals surface area contributed by atoms with Crippen LogP contribution >= 0.6 is 0 Å². The Morgan fingerprint density at radius 3 is 2.75 bits per heavy atom. The molecule has 0 radical (unpaired) electrons. The first-order chi connectivity index (χ1) is 7.61. The summed E-state index contributed by atoms with van der Waals surface area (Å²) in [5, 5.41) is 27.7. The second-order valence-electron chi connectivity index (χ2n) is 3.75. The van der Waals surface area contributed by atoms with Gasteiger partial charge in [0.1, 0.15) is 6.10 Å². The van der Waals surface area contributed by atoms with Gasteiger partial charge in [-0.15, -0.1) is 0 Å². The normalized spacial score (nSPS) is 16.9. The Balaban J connectivity index is 2.35. The Kier molecular flexibility index (Phi) is 2.77. The van der Waals surface area contributed by atoms with E-state index in [9.17, 15) is 15.0 Å². The maximum Gasteiger partial charge on any atom is 0.335 e. The number of aliphatic carboxylic acids is 1. The van der Waals surface area contributed by atoms with Crippen molar-refractivity contribution in [3.8, 4) is 0 Å². The monoisotopic (exact) mass is 220 g/mol. The maximum atomic E-state index is 10.6. The summed E-state index contributed by atoms with van der Waals surface area (Å²) in [7, 11) is 0. The van der Waals surface area contributed by atoms with Crippen molar-refractivity contribution >= 4 is 12.0 Å². The molecule has 0 saturated heterocycles. The topological polar surface area (TPSA) is 77.8 Å². The van der Waals surface area contributed by atoms with E-state index in [0.717, 1.165) is 11.1 Å². The number of carboxylic acids is 1. The van der Waals surface area contributed by atoms with E-state index < -0.39 is 18.2 Å². The van der Waals surface area contributed by atoms with Gasteiger partial charge >= 0.3 is 5.97 Å². The standard InChI is InChI=1S/C12H12O4/c13-10(11(14)12(15)16)9-6-2-4-7-3-1-5-8(7)9/h1-4,6,10-11,13-14H,5H2,(H,15,16). The Bertz CT molecular complexity index is 450. The summed E-state index contributed by atoms with van der Waals surface area (Å²) in [5.74, 6) is -1.42. The van der Waals surface area contributed by atoms with E-state index in [4.69, 9.17) is 5.11 Å². The number of hydrogen-bond acceptors (Lipinski definition) is 3. The lowest BCUT2D eigenvalue weighted by Crippen LogP contribution is -2.28. The fraction of sp³-hybridized carbons (Fsp3) is 0.250. The number of benzene rings is 1. The molecule has 84 valence electrons. The minimum Gasteiger partial charge on any atom is -0.479 e. The second kappa shape index (κ2) is 4.08. The Hall–Kier alpha value is -1.65. The molecule has 1 aromatic rings. The summed E-state index contributed by atoms with van der Waals surface area (Å²) in [5.41, 5.74) is 2.34. The number of allylic oxidation sites excluding steroid dienone is 1. The summed E-state index contributed by atoms with van der Waals surface area (Å²) in [6.07, 6.45) is 1.35. The van der Waals surface area contributed by atoms with E-state index in [-0.39, 0.29) is 0 Å². The van der Waals surface area contributed by atoms with Crippen LogP contribution in [0, 0.1) is 0 Å². The van der Waals surface area contributed by atoms with Gasteiger partial charge in [-0.25, -0.2) is 4.79 Å². The fourth-order valence-electron chi connectivity index (χ4n) is 1.90. The van der Waals surface area contributed by atoms with Gasteiger partial charge in [-0.1, -0.05) is 30.4 Å². The Morgan fingerprint density at radius 1 is 1.31 bits per heavy atom. The van der Waals surface area contributed by atoms with Crippen molar-refractivity contribution < 1.29 is 20.1 Å². The molecule has 0 spiro atoms. The minimum absolute atomic E-state index is 0.484. The number of rotatable bonds is 3. The van der Waals surface area contributed by atoms with Gasteiger partial charge in [0.05, 0.1) is 0 Å². The van der Waals surface area contributed by atoms with Crippen LogP contribution < -0.4 is 0 Å². The number of aliphatic hydroxyl groups is 2. The molecule has 4 heteroatoms. The zero-order valence-electron chi connectivity index (χ0n) is 8.50. The lowest BCUT2D eigenvalue weighted by atomic mass is 9.95. The average Bonchev–Trinajstić information content (AvgIpc) is 2.74. The summed E-state index contributed by atoms with van der Waals surface area (Å²) < 4.78 is 0. The first kappa shape index (κ1) is 10.9. The molecule has 2 atom stereocenters. The minimum atomic E-state index is -1.79. The van der Waals surface area contributed by atoms with Gasteiger partial charge in [-0.3, -0.25) is 0 Å². The van der Waals surface area contributed by atoms with Crippen molar-refractivity contribution in [3.05, 3.63) is 41.0 Å². The van der Waals surface area contributed by atoms with E-state index in [1.165, 1.54) is 0 Å². The van der Waals surface area contributed by atoms with E-state index in [1.54, 1.807) is 12.1 Å². The molecule has 16 heavy (non-hydrogen) atoms. The number of fused-ring (bicyclic) bond motifs is 1. The molecule has 0 fully saturated rings. The highest BCUT2D eigenvalue weighted by Crippen LogP contribution is 2.29. The van der Waals surface area contributed by atoms with E-state index in [1.807, 2.05) is 18.2 Å². The van der Waals surface area contributed by atoms with Crippen molar-refractivity contribution in [3.63, 3.8) is 0 Å². The molecule has 1 aliphatic carbocycles. The number of carboxylic acid groups (broad SMARTS) is 1. The Morgan fingerprint density at radius 2 is 2.06 bits per heavy atom. The largest absolute Gasteiger partial charge is 0.479 e. The van der Waals surface area contributed by atoms with Crippen LogP contribution in [0.25, 0.3) is 6.08 Å². The summed E-state index contributed by atoms with van der Waals surface area (Å²) in [4.78, 5) is 10.6. The van der Waals surface area contributed by atoms with Crippen molar-refractivity contribution in [2.24, 2.45) is 0 Å². The molecule has 3 N–H and O–H groups in total. The van der Waals surface area contributed by atoms with Gasteiger partial charge in [-0.2, -0.15) is 0 Å². The highest BCUT2D eigenvalue weighted by Gasteiger charge is 2.27. The molecule has 4 nitrogen and oxygen atoms in total. The molecule has 0 amide bonds. The van der Waals surface area contributed by atoms with Crippen LogP contribution in [0.2, 0.25) is 0 Å². The molecule has 1 aromatic carbocycles. The van der Waals surface area contributed by atoms with Crippen LogP contribution in [0.5, 0.6) is 0 Å². The highest BCUT2D eigenvalue weighted by molar-refractivity contribution is 5.73. The predicted octanol–water partition coefficient (Wildman–Crippen LogP) is 0.735. The number of carbonyl (C=O) groups is 1. The smallest absolute Gasteiger partial charge is 0.335 e. The van der Waals surface area contributed by atoms with Crippen LogP contribution in [0.1, 0.15) is 22.8 Å².